The van der Waals surface area contributed by atoms with Gasteiger partial charge in [0.05, 0.1) is 11.7 Å². The molecule has 0 fully saturated rings. The highest BCUT2D eigenvalue weighted by atomic mass is 32.1. The fourth-order valence-corrected chi connectivity index (χ4v) is 4.91. The Morgan fingerprint density at radius 1 is 1.03 bits per heavy atom. The van der Waals surface area contributed by atoms with Crippen LogP contribution >= 0.6 is 11.3 Å². The average Bonchev–Trinajstić information content (AvgIpc) is 3.08. The van der Waals surface area contributed by atoms with E-state index in [1.54, 1.807) is 0 Å². The van der Waals surface area contributed by atoms with Gasteiger partial charge in [0, 0.05) is 16.1 Å². The Morgan fingerprint density at radius 2 is 1.73 bits per heavy atom. The van der Waals surface area contributed by atoms with Gasteiger partial charge in [0.2, 0.25) is 5.91 Å². The molecular formula is C27H29N3O2S. The van der Waals surface area contributed by atoms with E-state index in [0.717, 1.165) is 16.0 Å². The Hall–Kier alpha value is -3.25. The maximum Gasteiger partial charge on any atom is 0.263 e. The second kappa shape index (κ2) is 8.60. The molecule has 170 valence electrons. The Morgan fingerprint density at radius 3 is 2.36 bits per heavy atom. The van der Waals surface area contributed by atoms with Crippen LogP contribution in [0.1, 0.15) is 42.3 Å². The normalized spacial score (nSPS) is 11.7. The molecule has 4 aromatic rings. The zero-order valence-corrected chi connectivity index (χ0v) is 20.8. The fourth-order valence-electron chi connectivity index (χ4n) is 3.90. The monoisotopic (exact) mass is 459 g/mol. The molecule has 0 radical (unpaired) electrons. The van der Waals surface area contributed by atoms with Crippen LogP contribution in [0.2, 0.25) is 0 Å². The molecule has 33 heavy (non-hydrogen) atoms. The summed E-state index contributed by atoms with van der Waals surface area (Å²) in [6, 6.07) is 14.0. The number of nitrogens with one attached hydrogen (secondary N) is 1. The SMILES string of the molecule is Cc1ccc(-c2c(C)sc3ncn(CC(=O)Nc4ccc(C(C)(C)C)cc4)c(=O)c23)cc1C. The summed E-state index contributed by atoms with van der Waals surface area (Å²) in [7, 11) is 0. The lowest BCUT2D eigenvalue weighted by Gasteiger charge is -2.19. The summed E-state index contributed by atoms with van der Waals surface area (Å²) < 4.78 is 1.39. The molecule has 0 bridgehead atoms. The minimum Gasteiger partial charge on any atom is -0.325 e. The predicted molar refractivity (Wildman–Crippen MR) is 137 cm³/mol. The molecule has 6 heteroatoms. The molecule has 2 heterocycles. The van der Waals surface area contributed by atoms with Crippen molar-refractivity contribution < 1.29 is 4.79 Å². The van der Waals surface area contributed by atoms with Gasteiger partial charge < -0.3 is 5.32 Å². The van der Waals surface area contributed by atoms with Crippen LogP contribution in [0.5, 0.6) is 0 Å². The number of anilines is 1. The number of fused-ring (bicyclic) bond motifs is 1. The number of nitrogens with zero attached hydrogens (tertiary/aromatic N) is 2. The summed E-state index contributed by atoms with van der Waals surface area (Å²) in [4.78, 5) is 32.3. The van der Waals surface area contributed by atoms with Gasteiger partial charge >= 0.3 is 0 Å². The number of hydrogen-bond acceptors (Lipinski definition) is 4. The Kier molecular flexibility index (Phi) is 5.97. The third-order valence-corrected chi connectivity index (χ3v) is 7.01. The lowest BCUT2D eigenvalue weighted by atomic mass is 9.87. The van der Waals surface area contributed by atoms with Crippen molar-refractivity contribution >= 4 is 33.1 Å². The smallest absolute Gasteiger partial charge is 0.263 e. The van der Waals surface area contributed by atoms with E-state index in [0.29, 0.717) is 15.9 Å². The first-order chi connectivity index (χ1) is 15.5. The van der Waals surface area contributed by atoms with Gasteiger partial charge in [-0.25, -0.2) is 4.98 Å². The molecule has 0 atom stereocenters. The van der Waals surface area contributed by atoms with E-state index in [1.165, 1.54) is 38.9 Å². The second-order valence-corrected chi connectivity index (χ2v) is 10.8. The number of amides is 1. The summed E-state index contributed by atoms with van der Waals surface area (Å²) in [6.45, 7) is 12.5. The molecule has 0 spiro atoms. The molecule has 0 saturated heterocycles. The molecule has 1 N–H and O–H groups in total. The van der Waals surface area contributed by atoms with Crippen molar-refractivity contribution in [1.29, 1.82) is 0 Å². The first-order valence-corrected chi connectivity index (χ1v) is 11.8. The molecule has 0 saturated carbocycles. The molecule has 1 amide bonds. The maximum absolute atomic E-state index is 13.4. The van der Waals surface area contributed by atoms with Gasteiger partial charge in [0.15, 0.2) is 0 Å². The van der Waals surface area contributed by atoms with Crippen molar-refractivity contribution in [3.8, 4) is 11.1 Å². The lowest BCUT2D eigenvalue weighted by molar-refractivity contribution is -0.116. The Balaban J connectivity index is 1.64. The van der Waals surface area contributed by atoms with Crippen LogP contribution in [0.4, 0.5) is 5.69 Å². The second-order valence-electron chi connectivity index (χ2n) is 9.57. The van der Waals surface area contributed by atoms with Gasteiger partial charge in [0.1, 0.15) is 11.4 Å². The third kappa shape index (κ3) is 4.62. The van der Waals surface area contributed by atoms with E-state index in [9.17, 15) is 9.59 Å². The van der Waals surface area contributed by atoms with Gasteiger partial charge in [-0.2, -0.15) is 0 Å². The highest BCUT2D eigenvalue weighted by Gasteiger charge is 2.18. The minimum atomic E-state index is -0.263. The number of thiophene rings is 1. The van der Waals surface area contributed by atoms with E-state index in [2.05, 4.69) is 57.1 Å². The summed E-state index contributed by atoms with van der Waals surface area (Å²) in [6.07, 6.45) is 1.47. The van der Waals surface area contributed by atoms with Crippen LogP contribution in [0.25, 0.3) is 21.3 Å². The highest BCUT2D eigenvalue weighted by Crippen LogP contribution is 2.36. The lowest BCUT2D eigenvalue weighted by Crippen LogP contribution is -2.27. The molecular weight excluding hydrogens is 430 g/mol. The first-order valence-electron chi connectivity index (χ1n) is 11.0. The topological polar surface area (TPSA) is 64.0 Å². The van der Waals surface area contributed by atoms with Crippen molar-refractivity contribution in [3.05, 3.63) is 80.7 Å². The number of aromatic nitrogens is 2. The molecule has 0 unspecified atom stereocenters. The number of benzene rings is 2. The zero-order valence-electron chi connectivity index (χ0n) is 19.9. The Labute approximate surface area is 198 Å². The predicted octanol–water partition coefficient (Wildman–Crippen LogP) is 5.99. The standard InChI is InChI=1S/C27H29N3O2S/c1-16-7-8-19(13-17(16)2)23-18(3)33-25-24(23)26(32)30(15-28-25)14-22(31)29-21-11-9-20(10-12-21)27(4,5)6/h7-13,15H,14H2,1-6H3,(H,29,31). The van der Waals surface area contributed by atoms with E-state index < -0.39 is 0 Å². The van der Waals surface area contributed by atoms with Crippen LogP contribution in [-0.4, -0.2) is 15.5 Å². The van der Waals surface area contributed by atoms with Crippen molar-refractivity contribution in [3.63, 3.8) is 0 Å². The number of rotatable bonds is 4. The van der Waals surface area contributed by atoms with E-state index in [-0.39, 0.29) is 23.4 Å². The first kappa shape index (κ1) is 22.9. The molecule has 5 nitrogen and oxygen atoms in total. The fraction of sp³-hybridized carbons (Fsp3) is 0.296. The quantitative estimate of drug-likeness (QED) is 0.408. The molecule has 2 aromatic carbocycles. The van der Waals surface area contributed by atoms with Crippen molar-refractivity contribution in [2.24, 2.45) is 0 Å². The summed E-state index contributed by atoms with van der Waals surface area (Å²) in [5.41, 5.74) is 6.03. The van der Waals surface area contributed by atoms with Crippen molar-refractivity contribution in [2.45, 2.75) is 53.5 Å². The number of hydrogen-bond donors (Lipinski definition) is 1. The van der Waals surface area contributed by atoms with E-state index in [4.69, 9.17) is 0 Å². The zero-order chi connectivity index (χ0) is 23.9. The summed E-state index contributed by atoms with van der Waals surface area (Å²) in [5, 5.41) is 3.46. The summed E-state index contributed by atoms with van der Waals surface area (Å²) >= 11 is 1.51. The van der Waals surface area contributed by atoms with Crippen LogP contribution in [0, 0.1) is 20.8 Å². The van der Waals surface area contributed by atoms with Gasteiger partial charge in [-0.1, -0.05) is 51.1 Å². The summed E-state index contributed by atoms with van der Waals surface area (Å²) in [5.74, 6) is -0.263. The van der Waals surface area contributed by atoms with Crippen molar-refractivity contribution in [2.75, 3.05) is 5.32 Å². The van der Waals surface area contributed by atoms with Crippen LogP contribution in [0.3, 0.4) is 0 Å². The van der Waals surface area contributed by atoms with Gasteiger partial charge in [-0.3, -0.25) is 14.2 Å². The van der Waals surface area contributed by atoms with E-state index >= 15 is 0 Å². The van der Waals surface area contributed by atoms with Crippen LogP contribution < -0.4 is 10.9 Å². The minimum absolute atomic E-state index is 0.0449. The van der Waals surface area contributed by atoms with Crippen LogP contribution in [0.15, 0.2) is 53.6 Å². The number of aryl methyl sites for hydroxylation is 3. The Bertz CT molecular complexity index is 1410. The van der Waals surface area contributed by atoms with Gasteiger partial charge in [-0.15, -0.1) is 11.3 Å². The molecule has 0 aliphatic rings. The molecule has 0 aliphatic heterocycles. The highest BCUT2D eigenvalue weighted by molar-refractivity contribution is 7.19. The maximum atomic E-state index is 13.4. The molecule has 0 aliphatic carbocycles. The molecule has 2 aromatic heterocycles. The van der Waals surface area contributed by atoms with Gasteiger partial charge in [-0.05, 0) is 60.6 Å². The molecule has 4 rings (SSSR count). The van der Waals surface area contributed by atoms with E-state index in [1.807, 2.05) is 37.3 Å². The average molecular weight is 460 g/mol. The number of carbonyl (C=O) groups excluding carboxylic acids is 1. The van der Waals surface area contributed by atoms with Gasteiger partial charge in [0.25, 0.3) is 5.56 Å². The third-order valence-electron chi connectivity index (χ3n) is 6.00. The van der Waals surface area contributed by atoms with Crippen LogP contribution in [-0.2, 0) is 16.8 Å². The largest absolute Gasteiger partial charge is 0.325 e. The number of carbonyl (C=O) groups is 1. The van der Waals surface area contributed by atoms with Crippen molar-refractivity contribution in [1.82, 2.24) is 9.55 Å².